The summed E-state index contributed by atoms with van der Waals surface area (Å²) in [5.41, 5.74) is 1.31. The molecule has 1 N–H and O–H groups in total. The second-order valence-corrected chi connectivity index (χ2v) is 7.17. The SMILES string of the molecule is CCSCCC(=O)NC[C@@H](c1ccccc1)N1CCCCC1. The van der Waals surface area contributed by atoms with E-state index in [0.29, 0.717) is 12.5 Å². The molecule has 1 aromatic rings. The maximum atomic E-state index is 12.0. The molecule has 0 aromatic heterocycles. The molecule has 0 unspecified atom stereocenters. The van der Waals surface area contributed by atoms with Crippen molar-refractivity contribution < 1.29 is 4.79 Å². The van der Waals surface area contributed by atoms with Gasteiger partial charge in [-0.05, 0) is 37.2 Å². The summed E-state index contributed by atoms with van der Waals surface area (Å²) in [5, 5.41) is 3.14. The van der Waals surface area contributed by atoms with Crippen LogP contribution < -0.4 is 5.32 Å². The largest absolute Gasteiger partial charge is 0.354 e. The van der Waals surface area contributed by atoms with Crippen LogP contribution in [-0.2, 0) is 4.79 Å². The molecule has 1 aliphatic heterocycles. The molecule has 1 aliphatic rings. The lowest BCUT2D eigenvalue weighted by Gasteiger charge is -2.35. The van der Waals surface area contributed by atoms with Crippen molar-refractivity contribution in [2.75, 3.05) is 31.1 Å². The van der Waals surface area contributed by atoms with Crippen molar-refractivity contribution in [1.29, 1.82) is 0 Å². The Hall–Kier alpha value is -1.00. The molecule has 2 rings (SSSR count). The molecule has 4 heteroatoms. The molecule has 122 valence electrons. The maximum Gasteiger partial charge on any atom is 0.220 e. The number of hydrogen-bond donors (Lipinski definition) is 1. The van der Waals surface area contributed by atoms with Gasteiger partial charge in [-0.25, -0.2) is 0 Å². The van der Waals surface area contributed by atoms with Gasteiger partial charge in [-0.1, -0.05) is 43.7 Å². The number of nitrogens with one attached hydrogen (secondary N) is 1. The lowest BCUT2D eigenvalue weighted by Crippen LogP contribution is -2.40. The zero-order valence-corrected chi connectivity index (χ0v) is 14.4. The number of thioether (sulfide) groups is 1. The van der Waals surface area contributed by atoms with Gasteiger partial charge in [0, 0.05) is 18.7 Å². The smallest absolute Gasteiger partial charge is 0.220 e. The van der Waals surface area contributed by atoms with Crippen LogP contribution in [0.4, 0.5) is 0 Å². The molecule has 0 radical (unpaired) electrons. The van der Waals surface area contributed by atoms with Crippen molar-refractivity contribution in [3.05, 3.63) is 35.9 Å². The molecule has 0 spiro atoms. The van der Waals surface area contributed by atoms with Crippen molar-refractivity contribution in [1.82, 2.24) is 10.2 Å². The van der Waals surface area contributed by atoms with E-state index in [9.17, 15) is 4.79 Å². The fourth-order valence-electron chi connectivity index (χ4n) is 2.97. The van der Waals surface area contributed by atoms with Crippen LogP contribution in [0.25, 0.3) is 0 Å². The maximum absolute atomic E-state index is 12.0. The van der Waals surface area contributed by atoms with Crippen LogP contribution in [-0.4, -0.2) is 41.9 Å². The van der Waals surface area contributed by atoms with Gasteiger partial charge in [-0.2, -0.15) is 11.8 Å². The number of rotatable bonds is 8. The van der Waals surface area contributed by atoms with Crippen LogP contribution in [0.1, 0.15) is 44.2 Å². The van der Waals surface area contributed by atoms with Crippen LogP contribution in [0.3, 0.4) is 0 Å². The van der Waals surface area contributed by atoms with Crippen molar-refractivity contribution in [3.8, 4) is 0 Å². The Morgan fingerprint density at radius 3 is 2.64 bits per heavy atom. The zero-order chi connectivity index (χ0) is 15.6. The number of carbonyl (C=O) groups excluding carboxylic acids is 1. The molecule has 1 atom stereocenters. The van der Waals surface area contributed by atoms with Gasteiger partial charge < -0.3 is 5.32 Å². The summed E-state index contributed by atoms with van der Waals surface area (Å²) in [6.07, 6.45) is 4.49. The Balaban J connectivity index is 1.91. The van der Waals surface area contributed by atoms with Crippen LogP contribution in [0.2, 0.25) is 0 Å². The average molecular weight is 321 g/mol. The first kappa shape index (κ1) is 17.4. The van der Waals surface area contributed by atoms with E-state index in [1.165, 1.54) is 24.8 Å². The monoisotopic (exact) mass is 320 g/mol. The summed E-state index contributed by atoms with van der Waals surface area (Å²) < 4.78 is 0. The standard InChI is InChI=1S/C18H28N2OS/c1-2-22-14-11-18(21)19-15-17(16-9-5-3-6-10-16)20-12-7-4-8-13-20/h3,5-6,9-10,17H,2,4,7-8,11-15H2,1H3,(H,19,21)/t17-/m0/s1. The highest BCUT2D eigenvalue weighted by atomic mass is 32.2. The number of carbonyl (C=O) groups is 1. The minimum Gasteiger partial charge on any atom is -0.354 e. The van der Waals surface area contributed by atoms with E-state index < -0.39 is 0 Å². The molecule has 1 amide bonds. The van der Waals surface area contributed by atoms with E-state index in [1.54, 1.807) is 0 Å². The molecule has 0 saturated carbocycles. The molecule has 0 aliphatic carbocycles. The van der Waals surface area contributed by atoms with Gasteiger partial charge in [0.2, 0.25) is 5.91 Å². The predicted octanol–water partition coefficient (Wildman–Crippen LogP) is 3.47. The molecule has 1 saturated heterocycles. The summed E-state index contributed by atoms with van der Waals surface area (Å²) in [5.74, 6) is 2.18. The van der Waals surface area contributed by atoms with Gasteiger partial charge in [0.1, 0.15) is 0 Å². The van der Waals surface area contributed by atoms with E-state index in [0.717, 1.165) is 31.1 Å². The van der Waals surface area contributed by atoms with Crippen molar-refractivity contribution >= 4 is 17.7 Å². The van der Waals surface area contributed by atoms with Crippen LogP contribution >= 0.6 is 11.8 Å². The van der Waals surface area contributed by atoms with E-state index in [1.807, 2.05) is 11.8 Å². The number of amides is 1. The predicted molar refractivity (Wildman–Crippen MR) is 95.2 cm³/mol. The van der Waals surface area contributed by atoms with E-state index in [4.69, 9.17) is 0 Å². The summed E-state index contributed by atoms with van der Waals surface area (Å²) in [6.45, 7) is 5.13. The summed E-state index contributed by atoms with van der Waals surface area (Å²) in [6, 6.07) is 10.9. The normalized spacial score (nSPS) is 17.1. The summed E-state index contributed by atoms with van der Waals surface area (Å²) >= 11 is 1.82. The Bertz CT molecular complexity index is 432. The highest BCUT2D eigenvalue weighted by Gasteiger charge is 2.22. The molecule has 1 aromatic carbocycles. The van der Waals surface area contributed by atoms with E-state index in [-0.39, 0.29) is 5.91 Å². The summed E-state index contributed by atoms with van der Waals surface area (Å²) in [4.78, 5) is 14.5. The molecule has 3 nitrogen and oxygen atoms in total. The van der Waals surface area contributed by atoms with Crippen LogP contribution in [0.15, 0.2) is 30.3 Å². The number of hydrogen-bond acceptors (Lipinski definition) is 3. The highest BCUT2D eigenvalue weighted by molar-refractivity contribution is 7.99. The fraction of sp³-hybridized carbons (Fsp3) is 0.611. The molecule has 1 fully saturated rings. The Morgan fingerprint density at radius 2 is 1.95 bits per heavy atom. The third-order valence-corrected chi connectivity index (χ3v) is 5.09. The highest BCUT2D eigenvalue weighted by Crippen LogP contribution is 2.24. The summed E-state index contributed by atoms with van der Waals surface area (Å²) in [7, 11) is 0. The Morgan fingerprint density at radius 1 is 1.23 bits per heavy atom. The van der Waals surface area contributed by atoms with Gasteiger partial charge in [-0.3, -0.25) is 9.69 Å². The van der Waals surface area contributed by atoms with Crippen molar-refractivity contribution in [2.24, 2.45) is 0 Å². The minimum atomic E-state index is 0.180. The quantitative estimate of drug-likeness (QED) is 0.744. The average Bonchev–Trinajstić information content (AvgIpc) is 2.57. The lowest BCUT2D eigenvalue weighted by atomic mass is 10.0. The Kier molecular flexibility index (Phi) is 7.81. The first-order chi connectivity index (χ1) is 10.8. The second kappa shape index (κ2) is 9.90. The third-order valence-electron chi connectivity index (χ3n) is 4.19. The fourth-order valence-corrected chi connectivity index (χ4v) is 3.59. The van der Waals surface area contributed by atoms with E-state index >= 15 is 0 Å². The minimum absolute atomic E-state index is 0.180. The first-order valence-electron chi connectivity index (χ1n) is 8.44. The van der Waals surface area contributed by atoms with Gasteiger partial charge in [-0.15, -0.1) is 0 Å². The number of likely N-dealkylation sites (tertiary alicyclic amines) is 1. The van der Waals surface area contributed by atoms with Gasteiger partial charge in [0.25, 0.3) is 0 Å². The van der Waals surface area contributed by atoms with Gasteiger partial charge in [0.05, 0.1) is 6.04 Å². The molecule has 1 heterocycles. The number of piperidine rings is 1. The second-order valence-electron chi connectivity index (χ2n) is 5.77. The number of nitrogens with zero attached hydrogens (tertiary/aromatic N) is 1. The molecular weight excluding hydrogens is 292 g/mol. The van der Waals surface area contributed by atoms with Gasteiger partial charge >= 0.3 is 0 Å². The van der Waals surface area contributed by atoms with Crippen LogP contribution in [0.5, 0.6) is 0 Å². The third kappa shape index (κ3) is 5.65. The van der Waals surface area contributed by atoms with Gasteiger partial charge in [0.15, 0.2) is 0 Å². The number of benzene rings is 1. The first-order valence-corrected chi connectivity index (χ1v) is 9.60. The Labute approximate surface area is 138 Å². The molecule has 0 bridgehead atoms. The van der Waals surface area contributed by atoms with Crippen molar-refractivity contribution in [3.63, 3.8) is 0 Å². The van der Waals surface area contributed by atoms with Crippen molar-refractivity contribution in [2.45, 2.75) is 38.6 Å². The lowest BCUT2D eigenvalue weighted by molar-refractivity contribution is -0.120. The molecule has 22 heavy (non-hydrogen) atoms. The van der Waals surface area contributed by atoms with E-state index in [2.05, 4.69) is 47.5 Å². The topological polar surface area (TPSA) is 32.3 Å². The van der Waals surface area contributed by atoms with Crippen LogP contribution in [0, 0.1) is 0 Å². The zero-order valence-electron chi connectivity index (χ0n) is 13.6. The molecular formula is C18H28N2OS.